The van der Waals surface area contributed by atoms with E-state index >= 15 is 0 Å². The van der Waals surface area contributed by atoms with E-state index in [1.54, 1.807) is 12.8 Å². The van der Waals surface area contributed by atoms with Gasteiger partial charge in [0, 0.05) is 13.1 Å². The molecule has 0 amide bonds. The van der Waals surface area contributed by atoms with Crippen molar-refractivity contribution < 1.29 is 0 Å². The van der Waals surface area contributed by atoms with Crippen LogP contribution in [0.25, 0.3) is 0 Å². The van der Waals surface area contributed by atoms with Gasteiger partial charge in [0.2, 0.25) is 0 Å². The highest BCUT2D eigenvalue weighted by molar-refractivity contribution is 5.13. The first-order valence-electron chi connectivity index (χ1n) is 5.94. The van der Waals surface area contributed by atoms with Crippen molar-refractivity contribution in [2.75, 3.05) is 13.1 Å². The summed E-state index contributed by atoms with van der Waals surface area (Å²) in [5, 5.41) is 0. The Morgan fingerprint density at radius 1 is 1.38 bits per heavy atom. The fourth-order valence-corrected chi connectivity index (χ4v) is 3.77. The summed E-state index contributed by atoms with van der Waals surface area (Å²) in [6.07, 6.45) is 7.39. The third-order valence-corrected chi connectivity index (χ3v) is 4.79. The summed E-state index contributed by atoms with van der Waals surface area (Å²) < 4.78 is 0. The minimum Gasteiger partial charge on any atom is -0.298 e. The minimum absolute atomic E-state index is 0.838. The van der Waals surface area contributed by atoms with Crippen LogP contribution in [0.1, 0.15) is 39.0 Å². The molecule has 0 N–H and O–H groups in total. The van der Waals surface area contributed by atoms with Gasteiger partial charge in [-0.3, -0.25) is 4.90 Å². The monoisotopic (exact) mass is 178 g/mol. The minimum atomic E-state index is 0.838. The van der Waals surface area contributed by atoms with Gasteiger partial charge in [0.25, 0.3) is 0 Å². The lowest BCUT2D eigenvalue weighted by Gasteiger charge is -2.66. The highest BCUT2D eigenvalue weighted by Gasteiger charge is 2.59. The molecule has 3 aliphatic rings. The fourth-order valence-electron chi connectivity index (χ4n) is 3.77. The van der Waals surface area contributed by atoms with Gasteiger partial charge in [-0.25, -0.2) is 0 Å². The van der Waals surface area contributed by atoms with E-state index in [1.165, 1.54) is 32.4 Å². The van der Waals surface area contributed by atoms with E-state index in [2.05, 4.69) is 18.4 Å². The summed E-state index contributed by atoms with van der Waals surface area (Å²) in [4.78, 5) is 2.60. The van der Waals surface area contributed by atoms with Crippen molar-refractivity contribution in [3.8, 4) is 0 Å². The number of piperidine rings is 1. The smallest absolute Gasteiger partial charge is 0.0288 e. The second-order valence-corrected chi connectivity index (χ2v) is 5.26. The quantitative estimate of drug-likeness (QED) is 0.628. The standard InChI is InChI=1S/C12H20N/c1-2-7-13-8-10-3-5-12(10)6-4-11(12)9-13/h8,10-11H,2-7,9H2,1H3/t10?,11-,12?/m0/s1. The molecule has 1 heteroatoms. The molecule has 1 aliphatic heterocycles. The summed E-state index contributed by atoms with van der Waals surface area (Å²) >= 11 is 0. The van der Waals surface area contributed by atoms with Crippen molar-refractivity contribution in [1.29, 1.82) is 0 Å². The van der Waals surface area contributed by atoms with Crippen molar-refractivity contribution >= 4 is 0 Å². The summed E-state index contributed by atoms with van der Waals surface area (Å²) in [7, 11) is 0. The molecule has 1 saturated heterocycles. The Bertz CT molecular complexity index is 191. The van der Waals surface area contributed by atoms with Crippen LogP contribution in [0.2, 0.25) is 0 Å². The molecule has 3 fully saturated rings. The van der Waals surface area contributed by atoms with E-state index in [0.717, 1.165) is 17.3 Å². The van der Waals surface area contributed by atoms with Crippen LogP contribution in [0.4, 0.5) is 0 Å². The zero-order valence-corrected chi connectivity index (χ0v) is 8.63. The van der Waals surface area contributed by atoms with Gasteiger partial charge >= 0.3 is 0 Å². The van der Waals surface area contributed by atoms with Crippen LogP contribution < -0.4 is 0 Å². The maximum atomic E-state index is 2.60. The van der Waals surface area contributed by atoms with E-state index in [-0.39, 0.29) is 0 Å². The van der Waals surface area contributed by atoms with Crippen LogP contribution in [0, 0.1) is 23.8 Å². The van der Waals surface area contributed by atoms with Gasteiger partial charge in [-0.15, -0.1) is 0 Å². The summed E-state index contributed by atoms with van der Waals surface area (Å²) in [5.74, 6) is 2.05. The molecule has 1 heterocycles. The molecule has 3 rings (SSSR count). The third kappa shape index (κ3) is 0.971. The maximum Gasteiger partial charge on any atom is 0.0288 e. The van der Waals surface area contributed by atoms with Crippen molar-refractivity contribution in [3.05, 3.63) is 6.54 Å². The largest absolute Gasteiger partial charge is 0.298 e. The molecule has 0 aromatic rings. The van der Waals surface area contributed by atoms with Crippen molar-refractivity contribution in [2.45, 2.75) is 39.0 Å². The molecule has 3 atom stereocenters. The highest BCUT2D eigenvalue weighted by Crippen LogP contribution is 2.66. The first-order valence-corrected chi connectivity index (χ1v) is 5.94. The average molecular weight is 178 g/mol. The van der Waals surface area contributed by atoms with E-state index < -0.39 is 0 Å². The molecule has 1 radical (unpaired) electrons. The van der Waals surface area contributed by atoms with Gasteiger partial charge < -0.3 is 0 Å². The lowest BCUT2D eigenvalue weighted by atomic mass is 9.43. The number of likely N-dealkylation sites (tertiary alicyclic amines) is 1. The number of hydrogen-bond acceptors (Lipinski definition) is 1. The first-order chi connectivity index (χ1) is 6.35. The zero-order valence-electron chi connectivity index (χ0n) is 8.63. The second-order valence-electron chi connectivity index (χ2n) is 5.26. The van der Waals surface area contributed by atoms with Gasteiger partial charge in [-0.05, 0) is 55.9 Å². The lowest BCUT2D eigenvalue weighted by Crippen LogP contribution is -2.61. The molecule has 1 nitrogen and oxygen atoms in total. The van der Waals surface area contributed by atoms with Crippen LogP contribution in [0.3, 0.4) is 0 Å². The Labute approximate surface area is 81.5 Å². The lowest BCUT2D eigenvalue weighted by molar-refractivity contribution is -0.145. The Hall–Kier alpha value is -0.0400. The molecule has 2 aliphatic carbocycles. The van der Waals surface area contributed by atoms with Gasteiger partial charge in [0.1, 0.15) is 0 Å². The molecule has 2 saturated carbocycles. The molecule has 0 aromatic carbocycles. The van der Waals surface area contributed by atoms with Crippen LogP contribution >= 0.6 is 0 Å². The van der Waals surface area contributed by atoms with Crippen LogP contribution in [-0.2, 0) is 0 Å². The first kappa shape index (κ1) is 8.28. The summed E-state index contributed by atoms with van der Waals surface area (Å²) in [6, 6.07) is 0. The number of nitrogens with zero attached hydrogens (tertiary/aromatic N) is 1. The van der Waals surface area contributed by atoms with Crippen molar-refractivity contribution in [3.63, 3.8) is 0 Å². The van der Waals surface area contributed by atoms with E-state index in [0.29, 0.717) is 0 Å². The van der Waals surface area contributed by atoms with Crippen molar-refractivity contribution in [2.24, 2.45) is 17.3 Å². The highest BCUT2D eigenvalue weighted by atomic mass is 15.2. The Morgan fingerprint density at radius 3 is 2.69 bits per heavy atom. The van der Waals surface area contributed by atoms with Crippen LogP contribution in [-0.4, -0.2) is 18.0 Å². The molecule has 2 unspecified atom stereocenters. The fraction of sp³-hybridized carbons (Fsp3) is 0.917. The topological polar surface area (TPSA) is 3.24 Å². The summed E-state index contributed by atoms with van der Waals surface area (Å²) in [6.45, 7) is 7.54. The Morgan fingerprint density at radius 2 is 2.23 bits per heavy atom. The average Bonchev–Trinajstić information content (AvgIpc) is 2.04. The van der Waals surface area contributed by atoms with E-state index in [1.807, 2.05) is 0 Å². The van der Waals surface area contributed by atoms with E-state index in [9.17, 15) is 0 Å². The Kier molecular flexibility index (Phi) is 1.74. The molecular formula is C12H20N. The molecule has 13 heavy (non-hydrogen) atoms. The summed E-state index contributed by atoms with van der Waals surface area (Å²) in [5.41, 5.74) is 0.838. The van der Waals surface area contributed by atoms with Crippen molar-refractivity contribution in [1.82, 2.24) is 4.90 Å². The molecular weight excluding hydrogens is 158 g/mol. The van der Waals surface area contributed by atoms with Gasteiger partial charge in [-0.1, -0.05) is 6.92 Å². The predicted molar refractivity (Wildman–Crippen MR) is 54.0 cm³/mol. The normalized spacial score (nSPS) is 48.7. The maximum absolute atomic E-state index is 2.60. The molecule has 1 spiro atoms. The second kappa shape index (κ2) is 2.73. The zero-order chi connectivity index (χ0) is 8.89. The number of rotatable bonds is 2. The van der Waals surface area contributed by atoms with Crippen LogP contribution in [0.15, 0.2) is 0 Å². The third-order valence-electron chi connectivity index (χ3n) is 4.79. The van der Waals surface area contributed by atoms with Gasteiger partial charge in [-0.2, -0.15) is 0 Å². The predicted octanol–water partition coefficient (Wildman–Crippen LogP) is 2.68. The molecule has 0 bridgehead atoms. The molecule has 0 aromatic heterocycles. The van der Waals surface area contributed by atoms with E-state index in [4.69, 9.17) is 0 Å². The SMILES string of the molecule is CCCN1[CH]C2CCC23CC[C@H]3C1. The van der Waals surface area contributed by atoms with Crippen LogP contribution in [0.5, 0.6) is 0 Å². The van der Waals surface area contributed by atoms with Gasteiger partial charge in [0.15, 0.2) is 0 Å². The molecule has 73 valence electrons. The number of hydrogen-bond donors (Lipinski definition) is 0. The van der Waals surface area contributed by atoms with Gasteiger partial charge in [0.05, 0.1) is 0 Å². The Balaban J connectivity index is 1.69.